The first-order chi connectivity index (χ1) is 11.2. The van der Waals surface area contributed by atoms with Crippen molar-refractivity contribution in [3.63, 3.8) is 0 Å². The van der Waals surface area contributed by atoms with Crippen LogP contribution in [0.1, 0.15) is 27.4 Å². The maximum Gasteiger partial charge on any atom is 0.253 e. The van der Waals surface area contributed by atoms with Crippen LogP contribution in [0, 0.1) is 0 Å². The van der Waals surface area contributed by atoms with Gasteiger partial charge in [0.25, 0.3) is 5.91 Å². The molecular formula is C19H23ClN2OS. The molecule has 2 atom stereocenters. The lowest BCUT2D eigenvalue weighted by atomic mass is 9.95. The lowest BCUT2D eigenvalue weighted by molar-refractivity contribution is 0.0789. The molecule has 1 amide bonds. The first kappa shape index (κ1) is 18.8. The smallest absolute Gasteiger partial charge is 0.253 e. The molecule has 2 aromatic carbocycles. The van der Waals surface area contributed by atoms with E-state index < -0.39 is 0 Å². The fourth-order valence-corrected chi connectivity index (χ4v) is 3.67. The highest BCUT2D eigenvalue weighted by Crippen LogP contribution is 2.27. The molecule has 2 aromatic rings. The van der Waals surface area contributed by atoms with Crippen LogP contribution in [0.5, 0.6) is 0 Å². The topological polar surface area (TPSA) is 46.3 Å². The molecule has 1 aliphatic heterocycles. The number of hydrogen-bond acceptors (Lipinski definition) is 3. The lowest BCUT2D eigenvalue weighted by Crippen LogP contribution is -2.32. The van der Waals surface area contributed by atoms with Gasteiger partial charge in [-0.15, -0.1) is 12.4 Å². The van der Waals surface area contributed by atoms with Gasteiger partial charge in [-0.05, 0) is 29.5 Å². The molecule has 5 heteroatoms. The fourth-order valence-electron chi connectivity index (χ4n) is 3.14. The van der Waals surface area contributed by atoms with E-state index in [2.05, 4.69) is 18.4 Å². The summed E-state index contributed by atoms with van der Waals surface area (Å²) in [6.07, 6.45) is 2.08. The number of likely N-dealkylation sites (tertiary alicyclic amines) is 1. The van der Waals surface area contributed by atoms with Crippen LogP contribution in [0.2, 0.25) is 0 Å². The average molecular weight is 363 g/mol. The SMILES string of the molecule is CSCc1ccc(C(=O)N2C[C@@H](N)[C@H](c3ccccc3)C2)cc1.Cl. The zero-order valence-corrected chi connectivity index (χ0v) is 15.4. The Bertz CT molecular complexity index is 663. The van der Waals surface area contributed by atoms with Gasteiger partial charge in [0.15, 0.2) is 0 Å². The van der Waals surface area contributed by atoms with E-state index >= 15 is 0 Å². The Morgan fingerprint density at radius 1 is 1.12 bits per heavy atom. The summed E-state index contributed by atoms with van der Waals surface area (Å²) in [5.74, 6) is 1.27. The van der Waals surface area contributed by atoms with E-state index in [1.807, 2.05) is 47.4 Å². The van der Waals surface area contributed by atoms with Gasteiger partial charge in [0.05, 0.1) is 0 Å². The summed E-state index contributed by atoms with van der Waals surface area (Å²) in [6.45, 7) is 1.31. The predicted octanol–water partition coefficient (Wildman–Crippen LogP) is 3.54. The van der Waals surface area contributed by atoms with Gasteiger partial charge in [-0.2, -0.15) is 11.8 Å². The molecule has 128 valence electrons. The summed E-state index contributed by atoms with van der Waals surface area (Å²) in [5.41, 5.74) is 9.49. The normalized spacial score (nSPS) is 19.8. The molecular weight excluding hydrogens is 340 g/mol. The Kier molecular flexibility index (Phi) is 6.72. The van der Waals surface area contributed by atoms with Gasteiger partial charge in [0.2, 0.25) is 0 Å². The lowest BCUT2D eigenvalue weighted by Gasteiger charge is -2.17. The van der Waals surface area contributed by atoms with E-state index in [9.17, 15) is 4.79 Å². The van der Waals surface area contributed by atoms with Gasteiger partial charge in [-0.1, -0.05) is 42.5 Å². The van der Waals surface area contributed by atoms with Crippen molar-refractivity contribution in [1.29, 1.82) is 0 Å². The molecule has 0 bridgehead atoms. The van der Waals surface area contributed by atoms with Crippen molar-refractivity contribution >= 4 is 30.1 Å². The number of rotatable bonds is 4. The molecule has 1 fully saturated rings. The van der Waals surface area contributed by atoms with Gasteiger partial charge in [-0.3, -0.25) is 4.79 Å². The Hall–Kier alpha value is -1.49. The van der Waals surface area contributed by atoms with Gasteiger partial charge >= 0.3 is 0 Å². The molecule has 0 radical (unpaired) electrons. The zero-order valence-electron chi connectivity index (χ0n) is 13.7. The number of hydrogen-bond donors (Lipinski definition) is 1. The summed E-state index contributed by atoms with van der Waals surface area (Å²) >= 11 is 1.78. The van der Waals surface area contributed by atoms with Crippen LogP contribution >= 0.6 is 24.2 Å². The minimum Gasteiger partial charge on any atom is -0.336 e. The summed E-state index contributed by atoms with van der Waals surface area (Å²) in [6, 6.07) is 18.2. The van der Waals surface area contributed by atoms with E-state index in [1.54, 1.807) is 11.8 Å². The Labute approximate surface area is 154 Å². The highest BCUT2D eigenvalue weighted by molar-refractivity contribution is 7.97. The van der Waals surface area contributed by atoms with Gasteiger partial charge < -0.3 is 10.6 Å². The molecule has 1 saturated heterocycles. The third-order valence-electron chi connectivity index (χ3n) is 4.39. The maximum atomic E-state index is 12.7. The van der Waals surface area contributed by atoms with E-state index in [4.69, 9.17) is 5.73 Å². The minimum atomic E-state index is -0.00267. The maximum absolute atomic E-state index is 12.7. The molecule has 0 unspecified atom stereocenters. The monoisotopic (exact) mass is 362 g/mol. The van der Waals surface area contributed by atoms with E-state index in [0.717, 1.165) is 11.3 Å². The number of amides is 1. The Morgan fingerprint density at radius 2 is 1.79 bits per heavy atom. The summed E-state index contributed by atoms with van der Waals surface area (Å²) in [4.78, 5) is 14.6. The number of carbonyl (C=O) groups is 1. The second kappa shape index (κ2) is 8.56. The van der Waals surface area contributed by atoms with Crippen molar-refractivity contribution in [3.8, 4) is 0 Å². The first-order valence-corrected chi connectivity index (χ1v) is 9.26. The first-order valence-electron chi connectivity index (χ1n) is 7.86. The molecule has 3 rings (SSSR count). The van der Waals surface area contributed by atoms with Crippen LogP contribution in [-0.4, -0.2) is 36.2 Å². The van der Waals surface area contributed by atoms with Crippen LogP contribution in [0.4, 0.5) is 0 Å². The fraction of sp³-hybridized carbons (Fsp3) is 0.316. The van der Waals surface area contributed by atoms with Crippen LogP contribution in [0.25, 0.3) is 0 Å². The van der Waals surface area contributed by atoms with Crippen molar-refractivity contribution in [1.82, 2.24) is 4.90 Å². The minimum absolute atomic E-state index is 0. The average Bonchev–Trinajstić information content (AvgIpc) is 2.98. The third kappa shape index (κ3) is 4.12. The number of carbonyl (C=O) groups excluding carboxylic acids is 1. The molecule has 0 aromatic heterocycles. The molecule has 0 saturated carbocycles. The van der Waals surface area contributed by atoms with E-state index in [-0.39, 0.29) is 30.3 Å². The predicted molar refractivity (Wildman–Crippen MR) is 104 cm³/mol. The Morgan fingerprint density at radius 3 is 2.42 bits per heavy atom. The van der Waals surface area contributed by atoms with Crippen LogP contribution in [-0.2, 0) is 5.75 Å². The second-order valence-corrected chi connectivity index (χ2v) is 6.89. The quantitative estimate of drug-likeness (QED) is 0.904. The molecule has 0 aliphatic carbocycles. The largest absolute Gasteiger partial charge is 0.336 e. The van der Waals surface area contributed by atoms with Crippen molar-refractivity contribution in [2.75, 3.05) is 19.3 Å². The molecule has 1 heterocycles. The van der Waals surface area contributed by atoms with E-state index in [0.29, 0.717) is 13.1 Å². The van der Waals surface area contributed by atoms with Gasteiger partial charge in [0, 0.05) is 36.4 Å². The number of benzene rings is 2. The standard InChI is InChI=1S/C19H22N2OS.ClH/c1-23-13-14-7-9-16(10-8-14)19(22)21-11-17(18(20)12-21)15-5-3-2-4-6-15;/h2-10,17-18H,11-13,20H2,1H3;1H/t17-,18+;/m0./s1. The molecule has 1 aliphatic rings. The van der Waals surface area contributed by atoms with E-state index in [1.165, 1.54) is 11.1 Å². The molecule has 0 spiro atoms. The number of thioether (sulfide) groups is 1. The summed E-state index contributed by atoms with van der Waals surface area (Å²) in [5, 5.41) is 0. The van der Waals surface area contributed by atoms with Crippen LogP contribution < -0.4 is 5.73 Å². The van der Waals surface area contributed by atoms with Crippen LogP contribution in [0.15, 0.2) is 54.6 Å². The highest BCUT2D eigenvalue weighted by atomic mass is 35.5. The molecule has 2 N–H and O–H groups in total. The zero-order chi connectivity index (χ0) is 16.2. The van der Waals surface area contributed by atoms with Crippen molar-refractivity contribution in [2.24, 2.45) is 5.73 Å². The summed E-state index contributed by atoms with van der Waals surface area (Å²) < 4.78 is 0. The number of nitrogens with zero attached hydrogens (tertiary/aromatic N) is 1. The second-order valence-electron chi connectivity index (χ2n) is 6.02. The van der Waals surface area contributed by atoms with Crippen molar-refractivity contribution in [2.45, 2.75) is 17.7 Å². The van der Waals surface area contributed by atoms with Gasteiger partial charge in [-0.25, -0.2) is 0 Å². The number of halogens is 1. The van der Waals surface area contributed by atoms with Crippen LogP contribution in [0.3, 0.4) is 0 Å². The highest BCUT2D eigenvalue weighted by Gasteiger charge is 2.34. The van der Waals surface area contributed by atoms with Crippen molar-refractivity contribution < 1.29 is 4.79 Å². The van der Waals surface area contributed by atoms with Crippen molar-refractivity contribution in [3.05, 3.63) is 71.3 Å². The van der Waals surface area contributed by atoms with Gasteiger partial charge in [0.1, 0.15) is 0 Å². The number of nitrogens with two attached hydrogens (primary N) is 1. The molecule has 3 nitrogen and oxygen atoms in total. The molecule has 24 heavy (non-hydrogen) atoms. The third-order valence-corrected chi connectivity index (χ3v) is 5.01. The Balaban J connectivity index is 0.00000208. The summed E-state index contributed by atoms with van der Waals surface area (Å²) in [7, 11) is 0.